The van der Waals surface area contributed by atoms with Gasteiger partial charge in [0.25, 0.3) is 0 Å². The minimum Gasteiger partial charge on any atom is -0.355 e. The molecule has 2 aliphatic heterocycles. The summed E-state index contributed by atoms with van der Waals surface area (Å²) in [5.41, 5.74) is -24.1. The van der Waals surface area contributed by atoms with Gasteiger partial charge in [0.1, 0.15) is 5.69 Å². The van der Waals surface area contributed by atoms with Gasteiger partial charge in [-0.25, -0.2) is 97.8 Å². The first-order valence-corrected chi connectivity index (χ1v) is 18.3. The lowest BCUT2D eigenvalue weighted by atomic mass is 9.91. The molecule has 0 aliphatic carbocycles. The minimum absolute atomic E-state index is 0. The average molecular weight is 999 g/mol. The zero-order valence-electron chi connectivity index (χ0n) is 32.8. The molecule has 1 N–H and O–H groups in total. The molecular formula is C44H10F20MgN4. The Labute approximate surface area is 384 Å². The van der Waals surface area contributed by atoms with Crippen LogP contribution in [0.5, 0.6) is 0 Å². The van der Waals surface area contributed by atoms with Gasteiger partial charge in [0.15, 0.2) is 93.1 Å². The molecule has 69 heavy (non-hydrogen) atoms. The lowest BCUT2D eigenvalue weighted by molar-refractivity contribution is 0.376. The Morgan fingerprint density at radius 1 is 0.319 bits per heavy atom. The smallest absolute Gasteiger partial charge is 0.200 e. The number of nitrogens with one attached hydrogen (secondary N) is 1. The molecule has 4 nitrogen and oxygen atoms in total. The van der Waals surface area contributed by atoms with Crippen LogP contribution in [0.4, 0.5) is 87.8 Å². The summed E-state index contributed by atoms with van der Waals surface area (Å²) >= 11 is 0. The molecule has 25 heteroatoms. The summed E-state index contributed by atoms with van der Waals surface area (Å²) in [6.45, 7) is 0. The Morgan fingerprint density at radius 2 is 0.638 bits per heavy atom. The number of benzene rings is 4. The number of hydrogen-bond donors (Lipinski definition) is 1. The monoisotopic (exact) mass is 998 g/mol. The highest BCUT2D eigenvalue weighted by Gasteiger charge is 2.41. The van der Waals surface area contributed by atoms with Crippen LogP contribution < -0.4 is 0 Å². The van der Waals surface area contributed by atoms with Crippen LogP contribution >= 0.6 is 0 Å². The molecule has 0 amide bonds. The fourth-order valence-corrected chi connectivity index (χ4v) is 7.53. The van der Waals surface area contributed by atoms with Crippen LogP contribution in [0, 0.1) is 116 Å². The van der Waals surface area contributed by atoms with E-state index in [2.05, 4.69) is 15.0 Å². The minimum atomic E-state index is -3.15. The molecule has 8 bridgehead atoms. The van der Waals surface area contributed by atoms with E-state index >= 15 is 70.2 Å². The van der Waals surface area contributed by atoms with E-state index in [9.17, 15) is 17.6 Å². The zero-order chi connectivity index (χ0) is 49.3. The van der Waals surface area contributed by atoms with Crippen molar-refractivity contribution in [1.82, 2.24) is 19.5 Å². The van der Waals surface area contributed by atoms with Gasteiger partial charge in [-0.15, -0.1) is 0 Å². The number of H-pyrrole nitrogens is 1. The molecule has 9 rings (SSSR count). The number of aromatic nitrogens is 4. The molecular weight excluding hydrogens is 989 g/mol. The second-order valence-corrected chi connectivity index (χ2v) is 14.3. The zero-order valence-corrected chi connectivity index (χ0v) is 34.2. The summed E-state index contributed by atoms with van der Waals surface area (Å²) in [5.74, 6) is -61.3. The number of hydrogen-bond acceptors (Lipinski definition) is 2. The summed E-state index contributed by atoms with van der Waals surface area (Å²) in [6, 6.07) is 5.15. The number of rotatable bonds is 4. The molecule has 0 saturated carbocycles. The van der Waals surface area contributed by atoms with Gasteiger partial charge in [0.2, 0.25) is 23.3 Å². The van der Waals surface area contributed by atoms with E-state index in [0.29, 0.717) is 6.08 Å². The number of aromatic amines is 1. The van der Waals surface area contributed by atoms with Crippen molar-refractivity contribution in [1.29, 1.82) is 0 Å². The molecule has 348 valence electrons. The van der Waals surface area contributed by atoms with E-state index in [4.69, 9.17) is 0 Å². The molecule has 0 fully saturated rings. The molecule has 7 aromatic rings. The third kappa shape index (κ3) is 7.13. The van der Waals surface area contributed by atoms with Crippen LogP contribution in [0.1, 0.15) is 22.8 Å². The van der Waals surface area contributed by atoms with Gasteiger partial charge < -0.3 is 9.55 Å². The van der Waals surface area contributed by atoms with Gasteiger partial charge in [0.05, 0.1) is 50.5 Å². The first-order chi connectivity index (χ1) is 32.1. The van der Waals surface area contributed by atoms with Gasteiger partial charge >= 0.3 is 0 Å². The van der Waals surface area contributed by atoms with Gasteiger partial charge in [-0.3, -0.25) is 0 Å². The maximum atomic E-state index is 16.5. The van der Waals surface area contributed by atoms with Gasteiger partial charge in [-0.1, -0.05) is 0 Å². The molecule has 0 atom stereocenters. The second-order valence-electron chi connectivity index (χ2n) is 14.3. The van der Waals surface area contributed by atoms with Crippen molar-refractivity contribution in [2.75, 3.05) is 0 Å². The van der Waals surface area contributed by atoms with E-state index in [-0.39, 0.29) is 45.8 Å². The van der Waals surface area contributed by atoms with Crippen molar-refractivity contribution >= 4 is 69.4 Å². The van der Waals surface area contributed by atoms with Crippen LogP contribution in [0.2, 0.25) is 0 Å². The number of nitrogens with zero attached hydrogens (tertiary/aromatic N) is 3. The molecule has 2 radical (unpaired) electrons. The maximum absolute atomic E-state index is 16.5. The number of fused-ring (bicyclic) bond motifs is 8. The highest BCUT2D eigenvalue weighted by atomic mass is 24.3. The fourth-order valence-electron chi connectivity index (χ4n) is 7.53. The Bertz CT molecular complexity index is 3590. The SMILES string of the molecule is Fc1c(F)c(F)c(-c2c(-c3c(F)c(F)c(F)c(F)c3F)c3c(-c4c(F)c(F)c(F)c(F)c4F)c4nc(cc5ccc(cc6nc(cc2n3-c2c(F)c(F)c(F)c(F)c2F)C=C6)[nH]5)C=C4)c(F)c1F.[Mg]. The molecule has 3 aromatic heterocycles. The number of halogens is 20. The predicted molar refractivity (Wildman–Crippen MR) is 205 cm³/mol. The second kappa shape index (κ2) is 17.1. The summed E-state index contributed by atoms with van der Waals surface area (Å²) in [6.07, 6.45) is 3.17. The molecule has 5 heterocycles. The molecule has 2 aliphatic rings. The Hall–Kier alpha value is -7.15. The Kier molecular flexibility index (Phi) is 12.0. The van der Waals surface area contributed by atoms with Gasteiger partial charge in [-0.05, 0) is 54.6 Å². The van der Waals surface area contributed by atoms with Crippen LogP contribution in [0.25, 0.3) is 85.4 Å². The van der Waals surface area contributed by atoms with Gasteiger partial charge in [0, 0.05) is 50.8 Å². The van der Waals surface area contributed by atoms with Crippen molar-refractivity contribution in [2.24, 2.45) is 0 Å². The van der Waals surface area contributed by atoms with Crippen LogP contribution in [0.15, 0.2) is 30.3 Å². The van der Waals surface area contributed by atoms with Crippen LogP contribution in [-0.2, 0) is 0 Å². The molecule has 0 saturated heterocycles. The van der Waals surface area contributed by atoms with Crippen molar-refractivity contribution in [3.05, 3.63) is 169 Å². The van der Waals surface area contributed by atoms with Crippen molar-refractivity contribution in [3.8, 4) is 39.1 Å². The molecule has 0 spiro atoms. The van der Waals surface area contributed by atoms with Crippen LogP contribution in [-0.4, -0.2) is 42.6 Å². The highest BCUT2D eigenvalue weighted by Crippen LogP contribution is 2.52. The van der Waals surface area contributed by atoms with E-state index in [1.807, 2.05) is 0 Å². The summed E-state index contributed by atoms with van der Waals surface area (Å²) in [4.78, 5) is 10.8. The lowest BCUT2D eigenvalue weighted by Crippen LogP contribution is -2.11. The van der Waals surface area contributed by atoms with Crippen LogP contribution in [0.3, 0.4) is 0 Å². The van der Waals surface area contributed by atoms with E-state index in [0.717, 1.165) is 24.3 Å². The average Bonchev–Trinajstić information content (AvgIpc) is 4.14. The largest absolute Gasteiger partial charge is 0.355 e. The molecule has 4 aromatic carbocycles. The van der Waals surface area contributed by atoms with E-state index in [1.165, 1.54) is 18.2 Å². The topological polar surface area (TPSA) is 46.5 Å². The van der Waals surface area contributed by atoms with E-state index in [1.54, 1.807) is 0 Å². The lowest BCUT2D eigenvalue weighted by Gasteiger charge is -2.17. The third-order valence-corrected chi connectivity index (χ3v) is 10.5. The summed E-state index contributed by atoms with van der Waals surface area (Å²) in [7, 11) is 0. The normalized spacial score (nSPS) is 12.1. The van der Waals surface area contributed by atoms with E-state index < -0.39 is 188 Å². The first-order valence-electron chi connectivity index (χ1n) is 18.3. The highest BCUT2D eigenvalue weighted by molar-refractivity contribution is 6.11. The maximum Gasteiger partial charge on any atom is 0.200 e. The third-order valence-electron chi connectivity index (χ3n) is 10.5. The van der Waals surface area contributed by atoms with Crippen molar-refractivity contribution in [3.63, 3.8) is 0 Å². The Balaban J connectivity index is 0.00000642. The fraction of sp³-hybridized carbons (Fsp3) is 0. The quantitative estimate of drug-likeness (QED) is 0.0826. The van der Waals surface area contributed by atoms with Crippen molar-refractivity contribution < 1.29 is 87.8 Å². The van der Waals surface area contributed by atoms with Gasteiger partial charge in [-0.2, -0.15) is 0 Å². The molecule has 0 unspecified atom stereocenters. The first kappa shape index (κ1) is 48.3. The Morgan fingerprint density at radius 3 is 1.06 bits per heavy atom. The summed E-state index contributed by atoms with van der Waals surface area (Å²) < 4.78 is 313. The van der Waals surface area contributed by atoms with Crippen molar-refractivity contribution in [2.45, 2.75) is 0 Å². The predicted octanol–water partition coefficient (Wildman–Crippen LogP) is 13.5. The summed E-state index contributed by atoms with van der Waals surface area (Å²) in [5, 5.41) is 0. The standard InChI is InChI=1S/C44H10F20N4.Mg/c45-23-20(24(46)30(52)35(57)29(23)51)17-15-6-5-13(67-15)8-12-2-1-10(65-12)7-11-3-4-14(66-11)9-16-18(21-25(47)31(53)36(58)32(54)26(21)48)19(22-27(49)33(55)37(59)34(56)28(22)50)43(17)68(16)44-41(63)39(61)38(60)40(62)42(44)64;/h1-9,65H;.